The molecule has 2 aliphatic rings. The van der Waals surface area contributed by atoms with Gasteiger partial charge in [0.05, 0.1) is 18.2 Å². The molecule has 0 spiro atoms. The van der Waals surface area contributed by atoms with Crippen molar-refractivity contribution < 1.29 is 8.42 Å². The molecule has 0 radical (unpaired) electrons. The van der Waals surface area contributed by atoms with Gasteiger partial charge in [-0.2, -0.15) is 5.10 Å². The molecule has 0 N–H and O–H groups in total. The SMILES string of the molecule is CCn1c(-c2ccc(Cl)cc2)nn(CN2CCN([C@H]3CCS(=O)(=O)C3)CC2)c1=S. The van der Waals surface area contributed by atoms with Crippen LogP contribution in [0.25, 0.3) is 11.4 Å². The van der Waals surface area contributed by atoms with Gasteiger partial charge in [-0.15, -0.1) is 0 Å². The third kappa shape index (κ3) is 4.59. The van der Waals surface area contributed by atoms with Crippen molar-refractivity contribution in [3.63, 3.8) is 0 Å². The summed E-state index contributed by atoms with van der Waals surface area (Å²) in [6, 6.07) is 7.83. The molecule has 1 aromatic heterocycles. The molecule has 158 valence electrons. The summed E-state index contributed by atoms with van der Waals surface area (Å²) in [4.78, 5) is 4.65. The predicted molar refractivity (Wildman–Crippen MR) is 117 cm³/mol. The number of hydrogen-bond donors (Lipinski definition) is 0. The van der Waals surface area contributed by atoms with Gasteiger partial charge in [-0.25, -0.2) is 13.1 Å². The number of rotatable bonds is 5. The van der Waals surface area contributed by atoms with Crippen LogP contribution in [0.15, 0.2) is 24.3 Å². The van der Waals surface area contributed by atoms with Crippen LogP contribution in [-0.2, 0) is 23.1 Å². The molecule has 0 unspecified atom stereocenters. The van der Waals surface area contributed by atoms with Gasteiger partial charge in [-0.05, 0) is 49.8 Å². The molecular formula is C19H26ClN5O2S2. The standard InChI is InChI=1S/C19H26ClN5O2S2/c1-2-24-18(15-3-5-16(20)6-4-15)21-25(19(24)28)14-22-8-10-23(11-9-22)17-7-12-29(26,27)13-17/h3-6,17H,2,7-14H2,1H3/t17-/m0/s1. The van der Waals surface area contributed by atoms with Gasteiger partial charge in [-0.1, -0.05) is 11.6 Å². The lowest BCUT2D eigenvalue weighted by Crippen LogP contribution is -2.51. The van der Waals surface area contributed by atoms with Gasteiger partial charge in [-0.3, -0.25) is 9.80 Å². The number of halogens is 1. The first kappa shape index (κ1) is 21.0. The summed E-state index contributed by atoms with van der Waals surface area (Å²) in [6.45, 7) is 6.98. The molecular weight excluding hydrogens is 430 g/mol. The highest BCUT2D eigenvalue weighted by molar-refractivity contribution is 7.91. The van der Waals surface area contributed by atoms with Crippen LogP contribution in [0.4, 0.5) is 0 Å². The van der Waals surface area contributed by atoms with Crippen LogP contribution >= 0.6 is 23.8 Å². The van der Waals surface area contributed by atoms with E-state index < -0.39 is 9.84 Å². The number of aromatic nitrogens is 3. The van der Waals surface area contributed by atoms with Crippen LogP contribution in [-0.4, -0.2) is 76.3 Å². The lowest BCUT2D eigenvalue weighted by atomic mass is 10.2. The van der Waals surface area contributed by atoms with E-state index in [0.717, 1.165) is 50.5 Å². The van der Waals surface area contributed by atoms with Crippen LogP contribution in [0.5, 0.6) is 0 Å². The molecule has 1 aromatic carbocycles. The zero-order valence-electron chi connectivity index (χ0n) is 16.5. The largest absolute Gasteiger partial charge is 0.300 e. The zero-order chi connectivity index (χ0) is 20.6. The number of nitrogens with zero attached hydrogens (tertiary/aromatic N) is 5. The minimum atomic E-state index is -2.84. The van der Waals surface area contributed by atoms with E-state index in [0.29, 0.717) is 28.0 Å². The topological polar surface area (TPSA) is 63.4 Å². The van der Waals surface area contributed by atoms with Gasteiger partial charge in [0.25, 0.3) is 0 Å². The van der Waals surface area contributed by atoms with E-state index in [9.17, 15) is 8.42 Å². The number of sulfone groups is 1. The first-order chi connectivity index (χ1) is 13.9. The van der Waals surface area contributed by atoms with Crippen molar-refractivity contribution in [2.45, 2.75) is 32.6 Å². The fraction of sp³-hybridized carbons (Fsp3) is 0.579. The number of benzene rings is 1. The first-order valence-corrected chi connectivity index (χ1v) is 12.6. The maximum atomic E-state index is 11.8. The fourth-order valence-electron chi connectivity index (χ4n) is 4.15. The Bertz CT molecular complexity index is 1020. The molecule has 10 heteroatoms. The second-order valence-electron chi connectivity index (χ2n) is 7.71. The van der Waals surface area contributed by atoms with Crippen molar-refractivity contribution in [3.8, 4) is 11.4 Å². The van der Waals surface area contributed by atoms with Crippen molar-refractivity contribution >= 4 is 33.7 Å². The van der Waals surface area contributed by atoms with Crippen LogP contribution in [0.1, 0.15) is 13.3 Å². The predicted octanol–water partition coefficient (Wildman–Crippen LogP) is 2.52. The maximum absolute atomic E-state index is 11.8. The molecule has 0 bridgehead atoms. The Labute approximate surface area is 181 Å². The number of piperazine rings is 1. The Kier molecular flexibility index (Phi) is 6.13. The molecule has 0 aliphatic carbocycles. The second kappa shape index (κ2) is 8.47. The summed E-state index contributed by atoms with van der Waals surface area (Å²) < 4.78 is 28.1. The normalized spacial score (nSPS) is 22.9. The summed E-state index contributed by atoms with van der Waals surface area (Å²) in [6.07, 6.45) is 0.763. The van der Waals surface area contributed by atoms with Gasteiger partial charge in [0.1, 0.15) is 0 Å². The first-order valence-electron chi connectivity index (χ1n) is 9.96. The monoisotopic (exact) mass is 455 g/mol. The van der Waals surface area contributed by atoms with Crippen molar-refractivity contribution in [3.05, 3.63) is 34.1 Å². The Morgan fingerprint density at radius 2 is 1.86 bits per heavy atom. The quantitative estimate of drug-likeness (QED) is 0.645. The molecule has 2 aliphatic heterocycles. The van der Waals surface area contributed by atoms with Crippen molar-refractivity contribution in [2.75, 3.05) is 37.7 Å². The molecule has 2 aromatic rings. The Balaban J connectivity index is 1.44. The highest BCUT2D eigenvalue weighted by Crippen LogP contribution is 2.22. The van der Waals surface area contributed by atoms with Crippen LogP contribution < -0.4 is 0 Å². The summed E-state index contributed by atoms with van der Waals surface area (Å²) in [5.41, 5.74) is 0.994. The molecule has 29 heavy (non-hydrogen) atoms. The molecule has 0 saturated carbocycles. The summed E-state index contributed by atoms with van der Waals surface area (Å²) in [5.74, 6) is 1.49. The van der Waals surface area contributed by atoms with Crippen molar-refractivity contribution in [2.24, 2.45) is 0 Å². The van der Waals surface area contributed by atoms with Crippen molar-refractivity contribution in [1.29, 1.82) is 0 Å². The Morgan fingerprint density at radius 1 is 1.17 bits per heavy atom. The third-order valence-corrected chi connectivity index (χ3v) is 8.24. The minimum absolute atomic E-state index is 0.181. The average Bonchev–Trinajstić information content (AvgIpc) is 3.22. The van der Waals surface area contributed by atoms with Crippen molar-refractivity contribution in [1.82, 2.24) is 24.1 Å². The Morgan fingerprint density at radius 3 is 2.45 bits per heavy atom. The molecule has 1 atom stereocenters. The van der Waals surface area contributed by atoms with E-state index in [1.165, 1.54) is 0 Å². The van der Waals surface area contributed by atoms with E-state index in [2.05, 4.69) is 16.7 Å². The van der Waals surface area contributed by atoms with E-state index in [4.69, 9.17) is 28.9 Å². The lowest BCUT2D eigenvalue weighted by Gasteiger charge is -2.37. The van der Waals surface area contributed by atoms with Crippen LogP contribution in [0.3, 0.4) is 0 Å². The van der Waals surface area contributed by atoms with Gasteiger partial charge in [0.15, 0.2) is 20.4 Å². The van der Waals surface area contributed by atoms with Gasteiger partial charge in [0, 0.05) is 49.4 Å². The Hall–Kier alpha value is -1.26. The maximum Gasteiger partial charge on any atom is 0.199 e. The van der Waals surface area contributed by atoms with Gasteiger partial charge >= 0.3 is 0 Å². The molecule has 2 saturated heterocycles. The highest BCUT2D eigenvalue weighted by Gasteiger charge is 2.33. The summed E-state index contributed by atoms with van der Waals surface area (Å²) in [7, 11) is -2.84. The lowest BCUT2D eigenvalue weighted by molar-refractivity contribution is 0.0808. The molecule has 0 amide bonds. The molecule has 7 nitrogen and oxygen atoms in total. The van der Waals surface area contributed by atoms with E-state index >= 15 is 0 Å². The number of hydrogen-bond acceptors (Lipinski definition) is 6. The second-order valence-corrected chi connectivity index (χ2v) is 10.7. The van der Waals surface area contributed by atoms with E-state index in [1.807, 2.05) is 33.5 Å². The third-order valence-electron chi connectivity index (χ3n) is 5.81. The molecule has 4 rings (SSSR count). The smallest absolute Gasteiger partial charge is 0.199 e. The molecule has 3 heterocycles. The minimum Gasteiger partial charge on any atom is -0.300 e. The van der Waals surface area contributed by atoms with Gasteiger partial charge < -0.3 is 4.57 Å². The van der Waals surface area contributed by atoms with Gasteiger partial charge in [0.2, 0.25) is 0 Å². The van der Waals surface area contributed by atoms with Crippen LogP contribution in [0, 0.1) is 4.77 Å². The van der Waals surface area contributed by atoms with E-state index in [1.54, 1.807) is 0 Å². The van der Waals surface area contributed by atoms with Crippen LogP contribution in [0.2, 0.25) is 5.02 Å². The summed E-state index contributed by atoms with van der Waals surface area (Å²) in [5, 5.41) is 5.48. The molecule has 2 fully saturated rings. The fourth-order valence-corrected chi connectivity index (χ4v) is 6.36. The zero-order valence-corrected chi connectivity index (χ0v) is 18.9. The highest BCUT2D eigenvalue weighted by atomic mass is 35.5. The average molecular weight is 456 g/mol. The van der Waals surface area contributed by atoms with E-state index in [-0.39, 0.29) is 6.04 Å². The summed E-state index contributed by atoms with van der Waals surface area (Å²) >= 11 is 11.7.